The Morgan fingerprint density at radius 3 is 2.44 bits per heavy atom. The summed E-state index contributed by atoms with van der Waals surface area (Å²) in [5.41, 5.74) is 0.554. The fraction of sp³-hybridized carbons (Fsp3) is 0.526. The van der Waals surface area contributed by atoms with E-state index in [2.05, 4.69) is 12.2 Å². The molecule has 25 heavy (non-hydrogen) atoms. The molecule has 1 amide bonds. The van der Waals surface area contributed by atoms with E-state index in [1.165, 1.54) is 31.5 Å². The highest BCUT2D eigenvalue weighted by molar-refractivity contribution is 5.94. The Balaban J connectivity index is 1.30. The van der Waals surface area contributed by atoms with Gasteiger partial charge >= 0.3 is 0 Å². The molecule has 1 N–H and O–H groups in total. The molecule has 0 aromatic heterocycles. The maximum Gasteiger partial charge on any atom is 0.269 e. The molecule has 6 nitrogen and oxygen atoms in total. The highest BCUT2D eigenvalue weighted by Gasteiger charge is 2.38. The second kappa shape index (κ2) is 6.59. The standard InChI is InChI=1S/C19H23N3O3/c23-19(15-3-5-18(6-4-15)22(24)25)21-9-7-20(8-10-21)13-17-12-14-1-2-16(17)11-14/h1-6,14,16-17H,7-13H2/p+1/t14-,16+,17-/m1/s1. The van der Waals surface area contributed by atoms with Crippen LogP contribution in [-0.2, 0) is 0 Å². The molecule has 6 heteroatoms. The van der Waals surface area contributed by atoms with E-state index in [0.717, 1.165) is 43.9 Å². The Morgan fingerprint density at radius 2 is 1.88 bits per heavy atom. The van der Waals surface area contributed by atoms with Gasteiger partial charge in [0.15, 0.2) is 0 Å². The van der Waals surface area contributed by atoms with E-state index < -0.39 is 4.92 Å². The second-order valence-corrected chi connectivity index (χ2v) is 7.59. The molecule has 1 saturated heterocycles. The monoisotopic (exact) mass is 342 g/mol. The SMILES string of the molecule is O=C(c1ccc([N+](=O)[O-])cc1)N1CC[NH+](C[C@H]2C[C@@H]3C=C[C@H]2C3)CC1. The predicted molar refractivity (Wildman–Crippen MR) is 93.4 cm³/mol. The summed E-state index contributed by atoms with van der Waals surface area (Å²) in [6, 6.07) is 5.91. The number of non-ortho nitro benzene ring substituents is 1. The average molecular weight is 342 g/mol. The first-order valence-corrected chi connectivity index (χ1v) is 9.16. The number of benzene rings is 1. The predicted octanol–water partition coefficient (Wildman–Crippen LogP) is 1.15. The minimum Gasteiger partial charge on any atom is -0.332 e. The summed E-state index contributed by atoms with van der Waals surface area (Å²) in [5, 5.41) is 10.7. The molecule has 1 heterocycles. The molecule has 132 valence electrons. The van der Waals surface area contributed by atoms with Crippen LogP contribution in [0, 0.1) is 27.9 Å². The van der Waals surface area contributed by atoms with E-state index in [0.29, 0.717) is 5.56 Å². The van der Waals surface area contributed by atoms with E-state index in [9.17, 15) is 14.9 Å². The first-order valence-electron chi connectivity index (χ1n) is 9.16. The first-order chi connectivity index (χ1) is 12.1. The summed E-state index contributed by atoms with van der Waals surface area (Å²) >= 11 is 0. The van der Waals surface area contributed by atoms with Crippen LogP contribution >= 0.6 is 0 Å². The zero-order valence-corrected chi connectivity index (χ0v) is 14.3. The fourth-order valence-corrected chi connectivity index (χ4v) is 4.64. The Hall–Kier alpha value is -2.21. The van der Waals surface area contributed by atoms with Gasteiger partial charge in [0.05, 0.1) is 37.6 Å². The number of carbonyl (C=O) groups excluding carboxylic acids is 1. The molecular weight excluding hydrogens is 318 g/mol. The topological polar surface area (TPSA) is 67.9 Å². The molecule has 2 aliphatic carbocycles. The molecule has 4 rings (SSSR count). The van der Waals surface area contributed by atoms with Gasteiger partial charge in [0.25, 0.3) is 11.6 Å². The van der Waals surface area contributed by atoms with Gasteiger partial charge in [0.2, 0.25) is 0 Å². The van der Waals surface area contributed by atoms with Crippen LogP contribution in [0.15, 0.2) is 36.4 Å². The average Bonchev–Trinajstić information content (AvgIpc) is 3.25. The van der Waals surface area contributed by atoms with Gasteiger partial charge in [-0.05, 0) is 36.8 Å². The quantitative estimate of drug-likeness (QED) is 0.507. The lowest BCUT2D eigenvalue weighted by atomic mass is 9.93. The number of amides is 1. The van der Waals surface area contributed by atoms with E-state index in [1.807, 2.05) is 4.90 Å². The summed E-state index contributed by atoms with van der Waals surface area (Å²) in [4.78, 5) is 26.3. The number of hydrogen-bond acceptors (Lipinski definition) is 3. The minimum atomic E-state index is -0.443. The van der Waals surface area contributed by atoms with Crippen LogP contribution in [-0.4, -0.2) is 48.5 Å². The normalized spacial score (nSPS) is 28.5. The van der Waals surface area contributed by atoms with E-state index >= 15 is 0 Å². The van der Waals surface area contributed by atoms with Gasteiger partial charge in [0.1, 0.15) is 0 Å². The summed E-state index contributed by atoms with van der Waals surface area (Å²) in [6.45, 7) is 4.75. The first kappa shape index (κ1) is 16.3. The molecule has 1 aromatic carbocycles. The Morgan fingerprint density at radius 1 is 1.16 bits per heavy atom. The van der Waals surface area contributed by atoms with Crippen LogP contribution in [0.5, 0.6) is 0 Å². The number of carbonyl (C=O) groups is 1. The van der Waals surface area contributed by atoms with Crippen molar-refractivity contribution in [2.45, 2.75) is 12.8 Å². The third-order valence-corrected chi connectivity index (χ3v) is 6.05. The summed E-state index contributed by atoms with van der Waals surface area (Å²) < 4.78 is 0. The van der Waals surface area contributed by atoms with Gasteiger partial charge < -0.3 is 9.80 Å². The fourth-order valence-electron chi connectivity index (χ4n) is 4.64. The van der Waals surface area contributed by atoms with Crippen molar-refractivity contribution < 1.29 is 14.6 Å². The number of fused-ring (bicyclic) bond motifs is 2. The van der Waals surface area contributed by atoms with Gasteiger partial charge in [-0.2, -0.15) is 0 Å². The van der Waals surface area contributed by atoms with Crippen LogP contribution in [0.1, 0.15) is 23.2 Å². The number of nitro groups is 1. The molecule has 2 fully saturated rings. The lowest BCUT2D eigenvalue weighted by Crippen LogP contribution is -3.15. The molecule has 3 atom stereocenters. The van der Waals surface area contributed by atoms with Crippen molar-refractivity contribution in [2.75, 3.05) is 32.7 Å². The Labute approximate surface area is 147 Å². The molecule has 1 saturated carbocycles. The van der Waals surface area contributed by atoms with Crippen LogP contribution in [0.25, 0.3) is 0 Å². The lowest BCUT2D eigenvalue weighted by molar-refractivity contribution is -0.907. The van der Waals surface area contributed by atoms with Crippen molar-refractivity contribution in [2.24, 2.45) is 17.8 Å². The zero-order valence-electron chi connectivity index (χ0n) is 14.3. The molecule has 0 spiro atoms. The van der Waals surface area contributed by atoms with Gasteiger partial charge in [-0.25, -0.2) is 0 Å². The molecule has 3 aliphatic rings. The van der Waals surface area contributed by atoms with Crippen molar-refractivity contribution in [3.8, 4) is 0 Å². The largest absolute Gasteiger partial charge is 0.332 e. The molecule has 1 aromatic rings. The minimum absolute atomic E-state index is 0.0168. The zero-order chi connectivity index (χ0) is 17.4. The molecular formula is C19H24N3O3+. The van der Waals surface area contributed by atoms with Crippen LogP contribution in [0.2, 0.25) is 0 Å². The van der Waals surface area contributed by atoms with Crippen molar-refractivity contribution >= 4 is 11.6 Å². The Bertz CT molecular complexity index is 692. The maximum atomic E-state index is 12.6. The number of nitro benzene ring substituents is 1. The van der Waals surface area contributed by atoms with E-state index in [-0.39, 0.29) is 11.6 Å². The number of nitrogens with zero attached hydrogens (tertiary/aromatic N) is 2. The highest BCUT2D eigenvalue weighted by Crippen LogP contribution is 2.42. The summed E-state index contributed by atoms with van der Waals surface area (Å²) in [5.74, 6) is 2.41. The molecule has 1 aliphatic heterocycles. The van der Waals surface area contributed by atoms with Gasteiger partial charge in [0, 0.05) is 23.6 Å². The third-order valence-electron chi connectivity index (χ3n) is 6.05. The highest BCUT2D eigenvalue weighted by atomic mass is 16.6. The number of rotatable bonds is 4. The molecule has 0 unspecified atom stereocenters. The molecule has 2 bridgehead atoms. The number of quaternary nitrogens is 1. The number of hydrogen-bond donors (Lipinski definition) is 1. The number of piperazine rings is 1. The van der Waals surface area contributed by atoms with Crippen molar-refractivity contribution in [3.05, 3.63) is 52.1 Å². The molecule has 0 radical (unpaired) electrons. The summed E-state index contributed by atoms with van der Waals surface area (Å²) in [7, 11) is 0. The lowest BCUT2D eigenvalue weighted by Gasteiger charge is -2.34. The van der Waals surface area contributed by atoms with Crippen molar-refractivity contribution in [1.82, 2.24) is 4.90 Å². The number of allylic oxidation sites excluding steroid dienone is 2. The second-order valence-electron chi connectivity index (χ2n) is 7.59. The summed E-state index contributed by atoms with van der Waals surface area (Å²) in [6.07, 6.45) is 7.49. The maximum absolute atomic E-state index is 12.6. The van der Waals surface area contributed by atoms with E-state index in [4.69, 9.17) is 0 Å². The van der Waals surface area contributed by atoms with Crippen LogP contribution in [0.4, 0.5) is 5.69 Å². The van der Waals surface area contributed by atoms with Crippen LogP contribution < -0.4 is 4.90 Å². The number of nitrogens with one attached hydrogen (secondary N) is 1. The van der Waals surface area contributed by atoms with E-state index in [1.54, 1.807) is 17.0 Å². The van der Waals surface area contributed by atoms with Crippen LogP contribution in [0.3, 0.4) is 0 Å². The van der Waals surface area contributed by atoms with Crippen molar-refractivity contribution in [3.63, 3.8) is 0 Å². The third kappa shape index (κ3) is 3.31. The Kier molecular flexibility index (Phi) is 4.29. The van der Waals surface area contributed by atoms with Gasteiger partial charge in [-0.1, -0.05) is 12.2 Å². The smallest absolute Gasteiger partial charge is 0.269 e. The van der Waals surface area contributed by atoms with Gasteiger partial charge in [-0.3, -0.25) is 14.9 Å². The van der Waals surface area contributed by atoms with Gasteiger partial charge in [-0.15, -0.1) is 0 Å². The van der Waals surface area contributed by atoms with Crippen molar-refractivity contribution in [1.29, 1.82) is 0 Å².